The van der Waals surface area contributed by atoms with E-state index in [4.69, 9.17) is 18.6 Å². The molecule has 0 spiro atoms. The topological polar surface area (TPSA) is 36.9 Å². The van der Waals surface area contributed by atoms with Crippen molar-refractivity contribution >= 4 is 25.2 Å². The number of fused-ring (bicyclic) bond motifs is 2. The van der Waals surface area contributed by atoms with Crippen molar-refractivity contribution in [3.8, 4) is 0 Å². The highest BCUT2D eigenvalue weighted by Crippen LogP contribution is 2.42. The Hall–Kier alpha value is -1.85. The maximum absolute atomic E-state index is 6.47. The van der Waals surface area contributed by atoms with Gasteiger partial charge in [0.15, 0.2) is 0 Å². The smallest absolute Gasteiger partial charge is 0.402 e. The third-order valence-electron chi connectivity index (χ3n) is 6.91. The summed E-state index contributed by atoms with van der Waals surface area (Å²) in [5, 5.41) is 0. The Morgan fingerprint density at radius 3 is 1.20 bits per heavy atom. The zero-order valence-corrected chi connectivity index (χ0v) is 17.1. The minimum atomic E-state index is -0.398. The van der Waals surface area contributed by atoms with E-state index in [1.807, 2.05) is 12.1 Å². The van der Waals surface area contributed by atoms with Gasteiger partial charge in [0.1, 0.15) is 0 Å². The van der Waals surface area contributed by atoms with Gasteiger partial charge >= 0.3 is 14.2 Å². The first-order valence-electron chi connectivity index (χ1n) is 11.3. The van der Waals surface area contributed by atoms with E-state index >= 15 is 0 Å². The van der Waals surface area contributed by atoms with Crippen molar-refractivity contribution in [3.63, 3.8) is 0 Å². The second kappa shape index (κ2) is 8.01. The molecular formula is C24H26B2O4. The van der Waals surface area contributed by atoms with E-state index in [9.17, 15) is 0 Å². The van der Waals surface area contributed by atoms with Crippen molar-refractivity contribution in [2.75, 3.05) is 0 Å². The van der Waals surface area contributed by atoms with Gasteiger partial charge < -0.3 is 18.6 Å². The summed E-state index contributed by atoms with van der Waals surface area (Å²) in [5.41, 5.74) is 4.29. The highest BCUT2D eigenvalue weighted by Gasteiger charge is 2.50. The lowest BCUT2D eigenvalue weighted by atomic mass is 9.60. The lowest BCUT2D eigenvalue weighted by Gasteiger charge is -2.21. The fraction of sp³-hybridized carbons (Fsp3) is 0.417. The molecule has 30 heavy (non-hydrogen) atoms. The monoisotopic (exact) mass is 400 g/mol. The first-order valence-corrected chi connectivity index (χ1v) is 11.3. The van der Waals surface area contributed by atoms with Gasteiger partial charge in [0.25, 0.3) is 0 Å². The molecule has 2 aliphatic heterocycles. The van der Waals surface area contributed by atoms with Crippen molar-refractivity contribution < 1.29 is 18.6 Å². The predicted octanol–water partition coefficient (Wildman–Crippen LogP) is 4.59. The summed E-state index contributed by atoms with van der Waals surface area (Å²) in [7, 11) is -0.795. The maximum Gasteiger partial charge on any atom is 0.494 e. The highest BCUT2D eigenvalue weighted by molar-refractivity contribution is 6.82. The van der Waals surface area contributed by atoms with Crippen LogP contribution in [-0.2, 0) is 18.6 Å². The fourth-order valence-corrected chi connectivity index (χ4v) is 5.45. The molecule has 0 N–H and O–H groups in total. The Kier molecular flexibility index (Phi) is 5.04. The first kappa shape index (κ1) is 18.9. The van der Waals surface area contributed by atoms with Crippen molar-refractivity contribution in [3.05, 3.63) is 71.8 Å². The quantitative estimate of drug-likeness (QED) is 0.556. The summed E-state index contributed by atoms with van der Waals surface area (Å²) in [6, 6.07) is 20.9. The molecule has 4 atom stereocenters. The molecule has 0 amide bonds. The molecule has 152 valence electrons. The minimum absolute atomic E-state index is 0.190. The lowest BCUT2D eigenvalue weighted by molar-refractivity contribution is 0.187. The van der Waals surface area contributed by atoms with Crippen molar-refractivity contribution in [2.45, 2.75) is 62.9 Å². The molecule has 6 heteroatoms. The average Bonchev–Trinajstić information content (AvgIpc) is 3.54. The van der Waals surface area contributed by atoms with Gasteiger partial charge in [-0.3, -0.25) is 0 Å². The second-order valence-corrected chi connectivity index (χ2v) is 8.78. The molecule has 2 saturated carbocycles. The Morgan fingerprint density at radius 1 is 0.533 bits per heavy atom. The van der Waals surface area contributed by atoms with Gasteiger partial charge in [0, 0.05) is 0 Å². The van der Waals surface area contributed by atoms with Gasteiger partial charge in [-0.25, -0.2) is 0 Å². The summed E-state index contributed by atoms with van der Waals surface area (Å²) in [4.78, 5) is 0. The number of rotatable bonds is 4. The minimum Gasteiger partial charge on any atom is -0.402 e. The van der Waals surface area contributed by atoms with Crippen LogP contribution in [0.4, 0.5) is 0 Å². The SMILES string of the molecule is c1ccc(C(B2O[C@H]3CCC[C@H]3O2)=C(B2O[C@H]3CCC[C@H]3O2)c2ccccc2)cc1. The summed E-state index contributed by atoms with van der Waals surface area (Å²) in [6.45, 7) is 0. The van der Waals surface area contributed by atoms with E-state index in [-0.39, 0.29) is 24.4 Å². The molecule has 6 rings (SSSR count). The van der Waals surface area contributed by atoms with Crippen LogP contribution >= 0.6 is 0 Å². The maximum atomic E-state index is 6.47. The van der Waals surface area contributed by atoms with Crippen LogP contribution in [0.3, 0.4) is 0 Å². The van der Waals surface area contributed by atoms with Crippen LogP contribution in [0.5, 0.6) is 0 Å². The van der Waals surface area contributed by atoms with E-state index in [0.29, 0.717) is 0 Å². The number of benzene rings is 2. The standard InChI is InChI=1S/C24H26B2O4/c1-3-9-17(10-4-1)23(25-27-19-13-7-14-20(19)28-25)24(18-11-5-2-6-12-18)26-29-21-15-8-16-22(21)30-26/h1-6,9-12,19-22H,7-8,13-16H2/t19-,20+,21-,22+. The summed E-state index contributed by atoms with van der Waals surface area (Å²) < 4.78 is 25.9. The van der Waals surface area contributed by atoms with Gasteiger partial charge in [0.2, 0.25) is 0 Å². The van der Waals surface area contributed by atoms with Gasteiger partial charge in [0.05, 0.1) is 24.4 Å². The zero-order chi connectivity index (χ0) is 19.9. The van der Waals surface area contributed by atoms with Crippen molar-refractivity contribution in [2.24, 2.45) is 0 Å². The largest absolute Gasteiger partial charge is 0.494 e. The van der Waals surface area contributed by atoms with Crippen LogP contribution in [0.2, 0.25) is 0 Å². The van der Waals surface area contributed by atoms with Gasteiger partial charge in [-0.15, -0.1) is 0 Å². The molecule has 4 nitrogen and oxygen atoms in total. The zero-order valence-electron chi connectivity index (χ0n) is 17.1. The van der Waals surface area contributed by atoms with E-state index in [1.54, 1.807) is 0 Å². The van der Waals surface area contributed by atoms with Gasteiger partial charge in [-0.2, -0.15) is 0 Å². The third-order valence-corrected chi connectivity index (χ3v) is 6.91. The summed E-state index contributed by atoms with van der Waals surface area (Å²) in [5.74, 6) is 0. The molecule has 2 aromatic rings. The molecule has 2 aromatic carbocycles. The Morgan fingerprint density at radius 2 is 0.867 bits per heavy atom. The molecule has 2 heterocycles. The molecule has 4 aliphatic rings. The van der Waals surface area contributed by atoms with E-state index < -0.39 is 14.2 Å². The molecule has 2 aliphatic carbocycles. The molecule has 0 unspecified atom stereocenters. The lowest BCUT2D eigenvalue weighted by Crippen LogP contribution is -2.28. The van der Waals surface area contributed by atoms with E-state index in [2.05, 4.69) is 48.5 Å². The highest BCUT2D eigenvalue weighted by atomic mass is 16.7. The van der Waals surface area contributed by atoms with Crippen molar-refractivity contribution in [1.82, 2.24) is 0 Å². The summed E-state index contributed by atoms with van der Waals surface area (Å²) in [6.07, 6.45) is 7.41. The van der Waals surface area contributed by atoms with Crippen molar-refractivity contribution in [1.29, 1.82) is 0 Å². The van der Waals surface area contributed by atoms with Crippen LogP contribution in [0.15, 0.2) is 60.7 Å². The Balaban J connectivity index is 1.48. The molecule has 4 fully saturated rings. The van der Waals surface area contributed by atoms with E-state index in [0.717, 1.165) is 47.8 Å². The number of hydrogen-bond acceptors (Lipinski definition) is 4. The molecule has 0 bridgehead atoms. The number of hydrogen-bond donors (Lipinski definition) is 0. The van der Waals surface area contributed by atoms with Crippen LogP contribution in [0.25, 0.3) is 10.9 Å². The Labute approximate surface area is 178 Å². The molecule has 0 radical (unpaired) electrons. The van der Waals surface area contributed by atoms with Gasteiger partial charge in [-0.05, 0) is 60.6 Å². The molecule has 0 aromatic heterocycles. The van der Waals surface area contributed by atoms with Crippen LogP contribution < -0.4 is 0 Å². The predicted molar refractivity (Wildman–Crippen MR) is 118 cm³/mol. The van der Waals surface area contributed by atoms with Crippen LogP contribution in [0, 0.1) is 0 Å². The van der Waals surface area contributed by atoms with E-state index in [1.165, 1.54) is 12.8 Å². The van der Waals surface area contributed by atoms with Crippen LogP contribution in [0.1, 0.15) is 49.7 Å². The fourth-order valence-electron chi connectivity index (χ4n) is 5.45. The Bertz CT molecular complexity index is 820. The molecule has 2 saturated heterocycles. The third kappa shape index (κ3) is 3.36. The molecular weight excluding hydrogens is 374 g/mol. The van der Waals surface area contributed by atoms with Gasteiger partial charge in [-0.1, -0.05) is 60.7 Å². The summed E-state index contributed by atoms with van der Waals surface area (Å²) >= 11 is 0. The second-order valence-electron chi connectivity index (χ2n) is 8.78. The normalized spacial score (nSPS) is 31.1. The average molecular weight is 400 g/mol. The van der Waals surface area contributed by atoms with Crippen LogP contribution in [-0.4, -0.2) is 38.7 Å². The first-order chi connectivity index (χ1) is 14.9.